The smallest absolute Gasteiger partial charge is 0.413 e. The van der Waals surface area contributed by atoms with E-state index in [9.17, 15) is 14.4 Å². The maximum Gasteiger partial charge on any atom is 0.413 e. The molecule has 0 saturated carbocycles. The predicted octanol–water partition coefficient (Wildman–Crippen LogP) is 2.74. The van der Waals surface area contributed by atoms with Crippen molar-refractivity contribution in [2.45, 2.75) is 37.7 Å². The van der Waals surface area contributed by atoms with Crippen molar-refractivity contribution in [1.29, 1.82) is 0 Å². The fraction of sp³-hybridized carbons (Fsp3) is 0.565. The zero-order valence-electron chi connectivity index (χ0n) is 18.9. The van der Waals surface area contributed by atoms with Crippen LogP contribution in [-0.2, 0) is 24.6 Å². The molecule has 0 aliphatic carbocycles. The first kappa shape index (κ1) is 23.0. The molecule has 1 N–H and O–H groups in total. The minimum atomic E-state index is -0.864. The normalized spacial score (nSPS) is 23.1. The number of piperidine rings is 1. The van der Waals surface area contributed by atoms with Gasteiger partial charge in [-0.15, -0.1) is 0 Å². The van der Waals surface area contributed by atoms with Gasteiger partial charge in [0.05, 0.1) is 6.61 Å². The third kappa shape index (κ3) is 5.44. The van der Waals surface area contributed by atoms with Crippen LogP contribution in [0.25, 0.3) is 6.08 Å². The highest BCUT2D eigenvalue weighted by molar-refractivity contribution is 5.87. The van der Waals surface area contributed by atoms with Crippen LogP contribution in [0.3, 0.4) is 0 Å². The second-order valence-corrected chi connectivity index (χ2v) is 8.57. The van der Waals surface area contributed by atoms with Crippen LogP contribution in [0.4, 0.5) is 15.4 Å². The molecule has 0 atom stereocenters. The lowest BCUT2D eigenvalue weighted by Gasteiger charge is -2.43. The average Bonchev–Trinajstić information content (AvgIpc) is 2.81. The Labute approximate surface area is 192 Å². The molecule has 1 aromatic heterocycles. The van der Waals surface area contributed by atoms with Crippen molar-refractivity contribution in [1.82, 2.24) is 14.8 Å². The Kier molecular flexibility index (Phi) is 7.12. The van der Waals surface area contributed by atoms with Crippen LogP contribution in [0.5, 0.6) is 0 Å². The maximum atomic E-state index is 12.5. The first-order valence-corrected chi connectivity index (χ1v) is 11.4. The molecule has 5 rings (SSSR count). The molecule has 4 aliphatic heterocycles. The van der Waals surface area contributed by atoms with E-state index >= 15 is 0 Å². The minimum absolute atomic E-state index is 0.232. The first-order chi connectivity index (χ1) is 16.0. The summed E-state index contributed by atoms with van der Waals surface area (Å²) in [5, 5.41) is 2.66. The summed E-state index contributed by atoms with van der Waals surface area (Å²) in [5.41, 5.74) is 0.808. The summed E-state index contributed by atoms with van der Waals surface area (Å²) in [7, 11) is 1.71. The van der Waals surface area contributed by atoms with E-state index in [1.54, 1.807) is 23.0 Å². The van der Waals surface area contributed by atoms with E-state index < -0.39 is 17.8 Å². The molecule has 3 amide bonds. The lowest BCUT2D eigenvalue weighted by atomic mass is 9.83. The molecule has 0 unspecified atom stereocenters. The summed E-state index contributed by atoms with van der Waals surface area (Å²) in [4.78, 5) is 44.6. The number of hydrogen-bond acceptors (Lipinski definition) is 7. The summed E-state index contributed by atoms with van der Waals surface area (Å²) >= 11 is 0. The van der Waals surface area contributed by atoms with E-state index in [1.807, 2.05) is 18.2 Å². The second-order valence-electron chi connectivity index (χ2n) is 8.57. The highest BCUT2D eigenvalue weighted by Crippen LogP contribution is 2.43. The van der Waals surface area contributed by atoms with Crippen LogP contribution in [0.15, 0.2) is 18.3 Å². The summed E-state index contributed by atoms with van der Waals surface area (Å²) in [5.74, 6) is 0.242. The number of amides is 3. The van der Waals surface area contributed by atoms with E-state index in [1.165, 1.54) is 0 Å². The molecule has 1 aromatic rings. The first-order valence-electron chi connectivity index (χ1n) is 11.4. The summed E-state index contributed by atoms with van der Waals surface area (Å²) < 4.78 is 16.7. The molecule has 0 aromatic carbocycles. The Bertz CT molecular complexity index is 926. The number of hydrogen-bond donors (Lipinski definition) is 1. The Hall–Kier alpha value is -3.14. The van der Waals surface area contributed by atoms with Gasteiger partial charge < -0.3 is 24.0 Å². The second kappa shape index (κ2) is 10.2. The molecule has 10 heteroatoms. The number of nitrogens with zero attached hydrogens (tertiary/aromatic N) is 3. The number of rotatable bonds is 0. The third-order valence-electron chi connectivity index (χ3n) is 6.29. The van der Waals surface area contributed by atoms with Gasteiger partial charge in [-0.3, -0.25) is 10.1 Å². The van der Waals surface area contributed by atoms with E-state index in [0.717, 1.165) is 30.4 Å². The van der Waals surface area contributed by atoms with Crippen LogP contribution in [0.2, 0.25) is 0 Å². The minimum Gasteiger partial charge on any atom is -0.439 e. The number of ether oxygens (including phenoxy) is 3. The van der Waals surface area contributed by atoms with Crippen molar-refractivity contribution in [3.05, 3.63) is 29.5 Å². The van der Waals surface area contributed by atoms with Crippen molar-refractivity contribution in [3.8, 4) is 0 Å². The number of fused-ring (bicyclic) bond motifs is 14. The number of anilines is 1. The highest BCUT2D eigenvalue weighted by Gasteiger charge is 2.46. The fourth-order valence-electron chi connectivity index (χ4n) is 4.31. The van der Waals surface area contributed by atoms with E-state index in [4.69, 9.17) is 14.2 Å². The molecule has 1 fully saturated rings. The SMILES string of the molecule is CN1CCCCCOC/C=C/c2cnc3c(c2)C2(CCN(CC2)C(=O)OCC1=O)OC(=O)N3. The molecule has 1 saturated heterocycles. The van der Waals surface area contributed by atoms with Crippen LogP contribution in [0, 0.1) is 0 Å². The monoisotopic (exact) mass is 458 g/mol. The van der Waals surface area contributed by atoms with Gasteiger partial charge >= 0.3 is 12.2 Å². The van der Waals surface area contributed by atoms with Gasteiger partial charge in [0.1, 0.15) is 11.4 Å². The molecule has 178 valence electrons. The quantitative estimate of drug-likeness (QED) is 0.636. The molecule has 4 aliphatic rings. The lowest BCUT2D eigenvalue weighted by Crippen LogP contribution is -2.50. The Morgan fingerprint density at radius 1 is 1.09 bits per heavy atom. The van der Waals surface area contributed by atoms with Gasteiger partial charge in [-0.1, -0.05) is 12.2 Å². The van der Waals surface area contributed by atoms with Crippen LogP contribution in [-0.4, -0.2) is 79.4 Å². The zero-order chi connectivity index (χ0) is 23.3. The zero-order valence-corrected chi connectivity index (χ0v) is 18.9. The van der Waals surface area contributed by atoms with Crippen LogP contribution in [0.1, 0.15) is 43.2 Å². The van der Waals surface area contributed by atoms with Crippen molar-refractivity contribution in [2.24, 2.45) is 0 Å². The number of carbonyl (C=O) groups is 3. The Balaban J connectivity index is 1.53. The molecular formula is C23H30N4O6. The van der Waals surface area contributed by atoms with Gasteiger partial charge in [0.15, 0.2) is 6.61 Å². The summed E-state index contributed by atoms with van der Waals surface area (Å²) in [6.45, 7) is 2.11. The number of likely N-dealkylation sites (N-methyl/N-ethyl adjacent to an activating group) is 1. The molecule has 5 heterocycles. The average molecular weight is 459 g/mol. The molecule has 10 nitrogen and oxygen atoms in total. The van der Waals surface area contributed by atoms with E-state index in [-0.39, 0.29) is 12.5 Å². The third-order valence-corrected chi connectivity index (χ3v) is 6.29. The van der Waals surface area contributed by atoms with Gasteiger partial charge in [0.25, 0.3) is 5.91 Å². The van der Waals surface area contributed by atoms with Gasteiger partial charge in [0.2, 0.25) is 0 Å². The summed E-state index contributed by atoms with van der Waals surface area (Å²) in [6.07, 6.45) is 8.01. The van der Waals surface area contributed by atoms with Crippen molar-refractivity contribution < 1.29 is 28.6 Å². The highest BCUT2D eigenvalue weighted by atomic mass is 16.6. The number of nitrogens with one attached hydrogen (secondary N) is 1. The van der Waals surface area contributed by atoms with Crippen molar-refractivity contribution in [2.75, 3.05) is 51.8 Å². The standard InChI is InChI=1S/C23H30N4O6/c1-26-9-3-2-4-12-31-13-5-6-17-14-18-20(24-15-17)25-21(29)33-23(18)7-10-27(11-8-23)22(30)32-16-19(26)28/h5-6,14-15H,2-4,7-13,16H2,1H3,(H,24,25,29)/b6-5+. The van der Waals surface area contributed by atoms with Gasteiger partial charge in [0, 0.05) is 57.9 Å². The molecule has 4 bridgehead atoms. The molecule has 33 heavy (non-hydrogen) atoms. The Morgan fingerprint density at radius 2 is 1.91 bits per heavy atom. The van der Waals surface area contributed by atoms with Crippen LogP contribution >= 0.6 is 0 Å². The largest absolute Gasteiger partial charge is 0.439 e. The fourth-order valence-corrected chi connectivity index (χ4v) is 4.31. The summed E-state index contributed by atoms with van der Waals surface area (Å²) in [6, 6.07) is 1.96. The van der Waals surface area contributed by atoms with Gasteiger partial charge in [-0.2, -0.15) is 0 Å². The van der Waals surface area contributed by atoms with Gasteiger partial charge in [-0.05, 0) is 30.9 Å². The molecular weight excluding hydrogens is 428 g/mol. The molecule has 0 radical (unpaired) electrons. The number of aromatic nitrogens is 1. The maximum absolute atomic E-state index is 12.5. The van der Waals surface area contributed by atoms with Crippen molar-refractivity contribution >= 4 is 30.0 Å². The topological polar surface area (TPSA) is 110 Å². The number of carbonyl (C=O) groups excluding carboxylic acids is 3. The molecule has 1 spiro atoms. The van der Waals surface area contributed by atoms with Crippen molar-refractivity contribution in [3.63, 3.8) is 0 Å². The van der Waals surface area contributed by atoms with Gasteiger partial charge in [-0.25, -0.2) is 14.6 Å². The van der Waals surface area contributed by atoms with Crippen LogP contribution < -0.4 is 5.32 Å². The number of pyridine rings is 1. The van der Waals surface area contributed by atoms with E-state index in [2.05, 4.69) is 10.3 Å². The predicted molar refractivity (Wildman–Crippen MR) is 120 cm³/mol. The Morgan fingerprint density at radius 3 is 2.73 bits per heavy atom. The lowest BCUT2D eigenvalue weighted by molar-refractivity contribution is -0.133. The van der Waals surface area contributed by atoms with E-state index in [0.29, 0.717) is 51.5 Å².